The number of rotatable bonds is 13. The summed E-state index contributed by atoms with van der Waals surface area (Å²) in [6.45, 7) is 15.4. The Morgan fingerprint density at radius 1 is 1.17 bits per heavy atom. The predicted molar refractivity (Wildman–Crippen MR) is 125 cm³/mol. The number of halogens is 1. The molecule has 29 heavy (non-hydrogen) atoms. The summed E-state index contributed by atoms with van der Waals surface area (Å²) in [5.74, 6) is 1.91. The van der Waals surface area contributed by atoms with Crippen molar-refractivity contribution in [3.8, 4) is 11.5 Å². The molecule has 4 heteroatoms. The first-order chi connectivity index (χ1) is 13.8. The molecular weight excluding hydrogens is 382 g/mol. The van der Waals surface area contributed by atoms with Crippen LogP contribution in [0.5, 0.6) is 11.5 Å². The standard InChI is InChI=1S/C25H40ClNO2/c1-8-10-12-19(11-9-2)24(25(6)15-16-25)27-18(5)20-13-14-21(26)23(22(20)28-7)29-17(3)4/h13-14,17,19,24,27H,5,8-12,15-16H2,1-4,6-7H3. The van der Waals surface area contributed by atoms with Gasteiger partial charge in [-0.05, 0) is 63.0 Å². The van der Waals surface area contributed by atoms with E-state index < -0.39 is 0 Å². The number of ether oxygens (including phenoxy) is 2. The van der Waals surface area contributed by atoms with Crippen LogP contribution in [0.25, 0.3) is 5.70 Å². The molecule has 0 spiro atoms. The molecular formula is C25H40ClNO2. The van der Waals surface area contributed by atoms with Gasteiger partial charge in [0, 0.05) is 17.3 Å². The van der Waals surface area contributed by atoms with Gasteiger partial charge in [-0.2, -0.15) is 0 Å². The van der Waals surface area contributed by atoms with Crippen LogP contribution in [0.1, 0.15) is 85.1 Å². The molecule has 1 aliphatic rings. The van der Waals surface area contributed by atoms with Crippen LogP contribution in [-0.2, 0) is 0 Å². The van der Waals surface area contributed by atoms with Gasteiger partial charge in [0.2, 0.25) is 0 Å². The number of hydrogen-bond donors (Lipinski definition) is 1. The average Bonchev–Trinajstić information content (AvgIpc) is 3.42. The molecule has 2 unspecified atom stereocenters. The molecule has 0 radical (unpaired) electrons. The van der Waals surface area contributed by atoms with Gasteiger partial charge in [-0.1, -0.05) is 58.2 Å². The molecule has 1 fully saturated rings. The normalized spacial score (nSPS) is 17.0. The van der Waals surface area contributed by atoms with Gasteiger partial charge < -0.3 is 14.8 Å². The molecule has 2 rings (SSSR count). The number of nitrogens with one attached hydrogen (secondary N) is 1. The van der Waals surface area contributed by atoms with Crippen LogP contribution in [0, 0.1) is 11.3 Å². The van der Waals surface area contributed by atoms with Crippen LogP contribution in [0.4, 0.5) is 0 Å². The summed E-state index contributed by atoms with van der Waals surface area (Å²) in [5, 5.41) is 4.39. The second-order valence-corrected chi connectivity index (χ2v) is 9.48. The van der Waals surface area contributed by atoms with Crippen LogP contribution in [0.2, 0.25) is 5.02 Å². The van der Waals surface area contributed by atoms with Crippen LogP contribution >= 0.6 is 11.6 Å². The molecule has 1 aromatic rings. The first kappa shape index (κ1) is 23.9. The number of unbranched alkanes of at least 4 members (excludes halogenated alkanes) is 1. The van der Waals surface area contributed by atoms with Gasteiger partial charge in [0.1, 0.15) is 0 Å². The number of benzene rings is 1. The molecule has 0 aromatic heterocycles. The summed E-state index contributed by atoms with van der Waals surface area (Å²) < 4.78 is 11.7. The highest BCUT2D eigenvalue weighted by molar-refractivity contribution is 6.32. The SMILES string of the molecule is C=C(NC(C(CCC)CCCC)C1(C)CC1)c1ccc(Cl)c(OC(C)C)c1OC. The van der Waals surface area contributed by atoms with Gasteiger partial charge in [0.25, 0.3) is 0 Å². The molecule has 0 heterocycles. The fourth-order valence-electron chi connectivity index (χ4n) is 4.27. The molecule has 0 saturated heterocycles. The van der Waals surface area contributed by atoms with Gasteiger partial charge in [0.05, 0.1) is 18.2 Å². The summed E-state index contributed by atoms with van der Waals surface area (Å²) >= 11 is 6.41. The average molecular weight is 422 g/mol. The smallest absolute Gasteiger partial charge is 0.180 e. The summed E-state index contributed by atoms with van der Waals surface area (Å²) in [6.07, 6.45) is 8.83. The van der Waals surface area contributed by atoms with E-state index in [2.05, 4.69) is 32.7 Å². The maximum Gasteiger partial charge on any atom is 0.180 e. The summed E-state index contributed by atoms with van der Waals surface area (Å²) in [5.41, 5.74) is 2.17. The van der Waals surface area contributed by atoms with E-state index in [1.165, 1.54) is 44.9 Å². The molecule has 0 amide bonds. The fourth-order valence-corrected chi connectivity index (χ4v) is 4.47. The Morgan fingerprint density at radius 2 is 1.86 bits per heavy atom. The molecule has 1 aliphatic carbocycles. The zero-order valence-electron chi connectivity index (χ0n) is 19.2. The van der Waals surface area contributed by atoms with Crippen molar-refractivity contribution in [2.75, 3.05) is 7.11 Å². The van der Waals surface area contributed by atoms with E-state index in [0.717, 1.165) is 11.3 Å². The van der Waals surface area contributed by atoms with Gasteiger partial charge in [-0.25, -0.2) is 0 Å². The lowest BCUT2D eigenvalue weighted by Crippen LogP contribution is -2.41. The Kier molecular flexibility index (Phi) is 8.75. The highest BCUT2D eigenvalue weighted by Crippen LogP contribution is 2.52. The van der Waals surface area contributed by atoms with Crippen molar-refractivity contribution in [1.29, 1.82) is 0 Å². The molecule has 2 atom stereocenters. The molecule has 1 saturated carbocycles. The summed E-state index contributed by atoms with van der Waals surface area (Å²) in [6, 6.07) is 4.28. The minimum Gasteiger partial charge on any atom is -0.492 e. The van der Waals surface area contributed by atoms with Crippen molar-refractivity contribution in [2.24, 2.45) is 11.3 Å². The Balaban J connectivity index is 2.32. The zero-order valence-corrected chi connectivity index (χ0v) is 20.0. The maximum absolute atomic E-state index is 6.41. The second-order valence-electron chi connectivity index (χ2n) is 9.07. The minimum atomic E-state index is 0.0129. The summed E-state index contributed by atoms with van der Waals surface area (Å²) in [4.78, 5) is 0. The van der Waals surface area contributed by atoms with E-state index in [1.807, 2.05) is 26.0 Å². The van der Waals surface area contributed by atoms with Gasteiger partial charge in [0.15, 0.2) is 11.5 Å². The van der Waals surface area contributed by atoms with Crippen molar-refractivity contribution in [1.82, 2.24) is 5.32 Å². The Bertz CT molecular complexity index is 682. The second kappa shape index (κ2) is 10.6. The van der Waals surface area contributed by atoms with Crippen molar-refractivity contribution in [3.63, 3.8) is 0 Å². The van der Waals surface area contributed by atoms with Crippen molar-refractivity contribution < 1.29 is 9.47 Å². The minimum absolute atomic E-state index is 0.0129. The number of hydrogen-bond acceptors (Lipinski definition) is 3. The van der Waals surface area contributed by atoms with E-state index >= 15 is 0 Å². The highest BCUT2D eigenvalue weighted by atomic mass is 35.5. The van der Waals surface area contributed by atoms with Crippen LogP contribution in [0.15, 0.2) is 18.7 Å². The van der Waals surface area contributed by atoms with Crippen LogP contribution in [0.3, 0.4) is 0 Å². The first-order valence-corrected chi connectivity index (χ1v) is 11.6. The third-order valence-electron chi connectivity index (χ3n) is 6.13. The fraction of sp³-hybridized carbons (Fsp3) is 0.680. The van der Waals surface area contributed by atoms with Crippen molar-refractivity contribution in [3.05, 3.63) is 29.3 Å². The molecule has 164 valence electrons. The lowest BCUT2D eigenvalue weighted by atomic mass is 9.80. The predicted octanol–water partition coefficient (Wildman–Crippen LogP) is 7.47. The Morgan fingerprint density at radius 3 is 2.38 bits per heavy atom. The molecule has 3 nitrogen and oxygen atoms in total. The third-order valence-corrected chi connectivity index (χ3v) is 6.42. The quantitative estimate of drug-likeness (QED) is 0.358. The van der Waals surface area contributed by atoms with E-state index in [-0.39, 0.29) is 6.10 Å². The van der Waals surface area contributed by atoms with E-state index in [9.17, 15) is 0 Å². The van der Waals surface area contributed by atoms with Crippen molar-refractivity contribution in [2.45, 2.75) is 91.7 Å². The van der Waals surface area contributed by atoms with Crippen LogP contribution < -0.4 is 14.8 Å². The van der Waals surface area contributed by atoms with Gasteiger partial charge in [-0.3, -0.25) is 0 Å². The monoisotopic (exact) mass is 421 g/mol. The van der Waals surface area contributed by atoms with Crippen molar-refractivity contribution >= 4 is 17.3 Å². The van der Waals surface area contributed by atoms with E-state index in [0.29, 0.717) is 33.9 Å². The Labute approximate surface area is 183 Å². The topological polar surface area (TPSA) is 30.5 Å². The molecule has 1 N–H and O–H groups in total. The summed E-state index contributed by atoms with van der Waals surface area (Å²) in [7, 11) is 1.66. The van der Waals surface area contributed by atoms with Gasteiger partial charge >= 0.3 is 0 Å². The molecule has 0 bridgehead atoms. The lowest BCUT2D eigenvalue weighted by molar-refractivity contribution is 0.229. The first-order valence-electron chi connectivity index (χ1n) is 11.3. The van der Waals surface area contributed by atoms with Gasteiger partial charge in [-0.15, -0.1) is 0 Å². The third kappa shape index (κ3) is 6.07. The van der Waals surface area contributed by atoms with Crippen LogP contribution in [-0.4, -0.2) is 19.3 Å². The number of methoxy groups -OCH3 is 1. The molecule has 1 aromatic carbocycles. The van der Waals surface area contributed by atoms with E-state index in [4.69, 9.17) is 21.1 Å². The lowest BCUT2D eigenvalue weighted by Gasteiger charge is -2.35. The maximum atomic E-state index is 6.41. The zero-order chi connectivity index (χ0) is 21.6. The molecule has 0 aliphatic heterocycles. The van der Waals surface area contributed by atoms with E-state index in [1.54, 1.807) is 7.11 Å². The highest BCUT2D eigenvalue weighted by Gasteiger charge is 2.47. The largest absolute Gasteiger partial charge is 0.492 e. The Hall–Kier alpha value is -1.35.